The molecule has 27 heavy (non-hydrogen) atoms. The number of morpholine rings is 1. The normalized spacial score (nSPS) is 16.9. The monoisotopic (exact) mass is 361 g/mol. The Hall–Kier alpha value is -3.19. The molecule has 1 fully saturated rings. The van der Waals surface area contributed by atoms with Crippen molar-refractivity contribution in [3.05, 3.63) is 72.8 Å². The van der Waals surface area contributed by atoms with Gasteiger partial charge < -0.3 is 9.64 Å². The lowest BCUT2D eigenvalue weighted by molar-refractivity contribution is -0.138. The van der Waals surface area contributed by atoms with Crippen molar-refractivity contribution in [2.24, 2.45) is 0 Å². The molecule has 1 aliphatic heterocycles. The quantitative estimate of drug-likeness (QED) is 0.708. The number of pyridine rings is 2. The minimum absolute atomic E-state index is 0.0556. The van der Waals surface area contributed by atoms with E-state index < -0.39 is 0 Å². The van der Waals surface area contributed by atoms with E-state index in [2.05, 4.69) is 19.9 Å². The number of carbonyl (C=O) groups is 1. The number of hydrogen-bond acceptors (Lipinski definition) is 6. The number of rotatable bonds is 4. The predicted molar refractivity (Wildman–Crippen MR) is 98.5 cm³/mol. The maximum Gasteiger partial charge on any atom is 0.228 e. The summed E-state index contributed by atoms with van der Waals surface area (Å²) in [7, 11) is 0. The highest BCUT2D eigenvalue weighted by atomic mass is 16.5. The molecule has 1 atom stereocenters. The number of amides is 1. The summed E-state index contributed by atoms with van der Waals surface area (Å²) in [6, 6.07) is 9.50. The summed E-state index contributed by atoms with van der Waals surface area (Å²) in [5.41, 5.74) is 3.44. The van der Waals surface area contributed by atoms with E-state index in [1.807, 2.05) is 35.2 Å². The van der Waals surface area contributed by atoms with Gasteiger partial charge in [0.25, 0.3) is 0 Å². The fourth-order valence-electron chi connectivity index (χ4n) is 3.04. The van der Waals surface area contributed by atoms with E-state index in [4.69, 9.17) is 4.74 Å². The van der Waals surface area contributed by atoms with E-state index >= 15 is 0 Å². The molecule has 7 heteroatoms. The molecule has 0 spiro atoms. The van der Waals surface area contributed by atoms with Gasteiger partial charge in [0.05, 0.1) is 25.3 Å². The van der Waals surface area contributed by atoms with Crippen LogP contribution in [0.25, 0.3) is 11.1 Å². The molecule has 136 valence electrons. The van der Waals surface area contributed by atoms with Crippen LogP contribution in [0.4, 0.5) is 0 Å². The highest BCUT2D eigenvalue weighted by Gasteiger charge is 2.26. The zero-order valence-corrected chi connectivity index (χ0v) is 14.7. The molecular formula is C20H19N5O2. The maximum absolute atomic E-state index is 12.6. The van der Waals surface area contributed by atoms with Crippen LogP contribution in [0.15, 0.2) is 61.4 Å². The van der Waals surface area contributed by atoms with Gasteiger partial charge in [-0.2, -0.15) is 0 Å². The first-order chi connectivity index (χ1) is 13.3. The molecule has 1 saturated heterocycles. The van der Waals surface area contributed by atoms with E-state index in [-0.39, 0.29) is 12.0 Å². The van der Waals surface area contributed by atoms with Gasteiger partial charge in [-0.3, -0.25) is 14.8 Å². The van der Waals surface area contributed by atoms with Crippen LogP contribution >= 0.6 is 0 Å². The van der Waals surface area contributed by atoms with E-state index in [0.29, 0.717) is 26.1 Å². The molecule has 0 aliphatic carbocycles. The lowest BCUT2D eigenvalue weighted by atomic mass is 10.1. The standard InChI is InChI=1S/C20H19N5O2/c26-20(9-17-3-1-2-6-23-17)25-7-8-27-19(13-25)18-5-4-15(12-24-18)16-10-21-14-22-11-16/h1-6,10-12,14,19H,7-9,13H2/t19-/m0/s1. The average Bonchev–Trinajstić information content (AvgIpc) is 2.75. The summed E-state index contributed by atoms with van der Waals surface area (Å²) in [5, 5.41) is 0. The maximum atomic E-state index is 12.6. The van der Waals surface area contributed by atoms with Crippen molar-refractivity contribution in [2.45, 2.75) is 12.5 Å². The summed E-state index contributed by atoms with van der Waals surface area (Å²) in [6.07, 6.45) is 8.55. The SMILES string of the molecule is O=C(Cc1ccccn1)N1CCO[C@H](c2ccc(-c3cncnc3)cn2)C1. The second-order valence-corrected chi connectivity index (χ2v) is 6.30. The van der Waals surface area contributed by atoms with Gasteiger partial charge in [0.15, 0.2) is 0 Å². The molecule has 3 aromatic rings. The highest BCUT2D eigenvalue weighted by molar-refractivity contribution is 5.78. The highest BCUT2D eigenvalue weighted by Crippen LogP contribution is 2.23. The molecule has 7 nitrogen and oxygen atoms in total. The molecular weight excluding hydrogens is 342 g/mol. The molecule has 1 amide bonds. The van der Waals surface area contributed by atoms with Gasteiger partial charge in [-0.15, -0.1) is 0 Å². The number of nitrogens with zero attached hydrogens (tertiary/aromatic N) is 5. The zero-order valence-electron chi connectivity index (χ0n) is 14.7. The molecule has 4 rings (SSSR count). The van der Waals surface area contributed by atoms with Crippen molar-refractivity contribution in [1.29, 1.82) is 0 Å². The molecule has 4 heterocycles. The van der Waals surface area contributed by atoms with Gasteiger partial charge in [-0.25, -0.2) is 9.97 Å². The molecule has 0 radical (unpaired) electrons. The van der Waals surface area contributed by atoms with Crippen molar-refractivity contribution in [1.82, 2.24) is 24.8 Å². The van der Waals surface area contributed by atoms with Gasteiger partial charge in [0, 0.05) is 48.2 Å². The summed E-state index contributed by atoms with van der Waals surface area (Å²) in [6.45, 7) is 1.57. The first-order valence-electron chi connectivity index (χ1n) is 8.80. The van der Waals surface area contributed by atoms with E-state index in [9.17, 15) is 4.79 Å². The summed E-state index contributed by atoms with van der Waals surface area (Å²) >= 11 is 0. The number of hydrogen-bond donors (Lipinski definition) is 0. The Morgan fingerprint density at radius 2 is 1.96 bits per heavy atom. The van der Waals surface area contributed by atoms with Crippen LogP contribution < -0.4 is 0 Å². The third-order valence-electron chi connectivity index (χ3n) is 4.49. The first-order valence-corrected chi connectivity index (χ1v) is 8.80. The minimum atomic E-state index is -0.229. The van der Waals surface area contributed by atoms with Crippen molar-refractivity contribution < 1.29 is 9.53 Å². The Kier molecular flexibility index (Phi) is 5.11. The Labute approximate surface area is 157 Å². The van der Waals surface area contributed by atoms with E-state index in [1.54, 1.807) is 24.8 Å². The summed E-state index contributed by atoms with van der Waals surface area (Å²) in [4.78, 5) is 31.2. The van der Waals surface area contributed by atoms with Crippen LogP contribution in [-0.2, 0) is 16.0 Å². The van der Waals surface area contributed by atoms with Crippen LogP contribution in [0.3, 0.4) is 0 Å². The van der Waals surface area contributed by atoms with Gasteiger partial charge in [-0.1, -0.05) is 12.1 Å². The smallest absolute Gasteiger partial charge is 0.228 e. The Morgan fingerprint density at radius 3 is 2.70 bits per heavy atom. The molecule has 3 aromatic heterocycles. The van der Waals surface area contributed by atoms with E-state index in [0.717, 1.165) is 22.5 Å². The second-order valence-electron chi connectivity index (χ2n) is 6.30. The van der Waals surface area contributed by atoms with Gasteiger partial charge in [0.1, 0.15) is 12.4 Å². The third kappa shape index (κ3) is 4.15. The largest absolute Gasteiger partial charge is 0.368 e. The van der Waals surface area contributed by atoms with Crippen LogP contribution in [0.5, 0.6) is 0 Å². The van der Waals surface area contributed by atoms with E-state index in [1.165, 1.54) is 6.33 Å². The minimum Gasteiger partial charge on any atom is -0.368 e. The van der Waals surface area contributed by atoms with Gasteiger partial charge in [0.2, 0.25) is 5.91 Å². The molecule has 0 saturated carbocycles. The summed E-state index contributed by atoms with van der Waals surface area (Å²) in [5.74, 6) is 0.0556. The topological polar surface area (TPSA) is 81.1 Å². The summed E-state index contributed by atoms with van der Waals surface area (Å²) < 4.78 is 5.84. The molecule has 0 N–H and O–H groups in total. The van der Waals surface area contributed by atoms with Crippen LogP contribution in [-0.4, -0.2) is 50.4 Å². The van der Waals surface area contributed by atoms with Crippen LogP contribution in [0.2, 0.25) is 0 Å². The second kappa shape index (κ2) is 8.01. The van der Waals surface area contributed by atoms with Crippen molar-refractivity contribution >= 4 is 5.91 Å². The fraction of sp³-hybridized carbons (Fsp3) is 0.250. The Morgan fingerprint density at radius 1 is 1.07 bits per heavy atom. The van der Waals surface area contributed by atoms with Crippen molar-refractivity contribution in [2.75, 3.05) is 19.7 Å². The fourth-order valence-corrected chi connectivity index (χ4v) is 3.04. The molecule has 1 aliphatic rings. The molecule has 0 unspecified atom stereocenters. The van der Waals surface area contributed by atoms with Gasteiger partial charge >= 0.3 is 0 Å². The Bertz CT molecular complexity index is 887. The molecule has 0 aromatic carbocycles. The zero-order chi connectivity index (χ0) is 18.5. The third-order valence-corrected chi connectivity index (χ3v) is 4.49. The molecule has 0 bridgehead atoms. The van der Waals surface area contributed by atoms with Crippen molar-refractivity contribution in [3.63, 3.8) is 0 Å². The van der Waals surface area contributed by atoms with Crippen molar-refractivity contribution in [3.8, 4) is 11.1 Å². The van der Waals surface area contributed by atoms with Crippen LogP contribution in [0.1, 0.15) is 17.5 Å². The van der Waals surface area contributed by atoms with Gasteiger partial charge in [-0.05, 0) is 18.2 Å². The van der Waals surface area contributed by atoms with Crippen LogP contribution in [0, 0.1) is 0 Å². The number of ether oxygens (including phenoxy) is 1. The number of carbonyl (C=O) groups excluding carboxylic acids is 1. The Balaban J connectivity index is 1.43. The number of aromatic nitrogens is 4. The predicted octanol–water partition coefficient (Wildman–Crippen LogP) is 2.08. The lowest BCUT2D eigenvalue weighted by Crippen LogP contribution is -2.43. The average molecular weight is 361 g/mol. The lowest BCUT2D eigenvalue weighted by Gasteiger charge is -2.32. The first kappa shape index (κ1) is 17.2.